The van der Waals surface area contributed by atoms with Crippen molar-refractivity contribution in [2.45, 2.75) is 19.4 Å². The molecule has 8 heavy (non-hydrogen) atoms. The van der Waals surface area contributed by atoms with E-state index in [4.69, 9.17) is 4.74 Å². The van der Waals surface area contributed by atoms with Crippen LogP contribution in [0.4, 0.5) is 0 Å². The van der Waals surface area contributed by atoms with Crippen molar-refractivity contribution in [1.29, 1.82) is 0 Å². The number of ether oxygens (including phenoxy) is 1. The third-order valence-corrected chi connectivity index (χ3v) is 0.991. The first-order chi connectivity index (χ1) is 3.81. The molecule has 1 nitrogen and oxygen atoms in total. The van der Waals surface area contributed by atoms with Crippen LogP contribution in [0.2, 0.25) is 0 Å². The van der Waals surface area contributed by atoms with E-state index in [1.165, 1.54) is 0 Å². The van der Waals surface area contributed by atoms with E-state index >= 15 is 0 Å². The lowest BCUT2D eigenvalue weighted by molar-refractivity contribution is 0.101. The molecule has 47 valence electrons. The summed E-state index contributed by atoms with van der Waals surface area (Å²) in [7, 11) is 0. The minimum absolute atomic E-state index is 0.245. The van der Waals surface area contributed by atoms with Gasteiger partial charge in [0.25, 0.3) is 0 Å². The maximum atomic E-state index is 5.12. The molecule has 1 unspecified atom stereocenters. The van der Waals surface area contributed by atoms with Crippen LogP contribution < -0.4 is 0 Å². The van der Waals surface area contributed by atoms with E-state index in [2.05, 4.69) is 19.1 Å². The summed E-state index contributed by atoms with van der Waals surface area (Å²) >= 11 is 4.55. The standard InChI is InChI=1S/C6H11OS/c1-3-6(2)7-4-5-8/h5-6H,1,3-4H2,2H3. The van der Waals surface area contributed by atoms with E-state index in [1.807, 2.05) is 6.92 Å². The molecule has 0 saturated heterocycles. The third kappa shape index (κ3) is 4.22. The van der Waals surface area contributed by atoms with Gasteiger partial charge in [0, 0.05) is 5.37 Å². The molecule has 0 aromatic rings. The molecule has 0 bridgehead atoms. The zero-order chi connectivity index (χ0) is 6.41. The molecule has 0 heterocycles. The number of rotatable bonds is 4. The molecular formula is C6H11OS. The van der Waals surface area contributed by atoms with Crippen LogP contribution in [-0.4, -0.2) is 18.1 Å². The molecule has 0 rings (SSSR count). The zero-order valence-corrected chi connectivity index (χ0v) is 5.91. The SMILES string of the molecule is [CH2]CC(C)OCC=S. The predicted octanol–water partition coefficient (Wildman–Crippen LogP) is 1.62. The lowest BCUT2D eigenvalue weighted by Gasteiger charge is -2.05. The molecule has 0 fully saturated rings. The van der Waals surface area contributed by atoms with Gasteiger partial charge in [-0.15, -0.1) is 0 Å². The van der Waals surface area contributed by atoms with Crippen molar-refractivity contribution >= 4 is 17.6 Å². The molecular weight excluding hydrogens is 120 g/mol. The highest BCUT2D eigenvalue weighted by atomic mass is 32.1. The highest BCUT2D eigenvalue weighted by Crippen LogP contribution is 1.92. The fraction of sp³-hybridized carbons (Fsp3) is 0.667. The van der Waals surface area contributed by atoms with Gasteiger partial charge in [0.1, 0.15) is 0 Å². The summed E-state index contributed by atoms with van der Waals surface area (Å²) in [6.45, 7) is 6.21. The van der Waals surface area contributed by atoms with E-state index in [0.717, 1.165) is 6.42 Å². The zero-order valence-electron chi connectivity index (χ0n) is 5.09. The van der Waals surface area contributed by atoms with E-state index in [9.17, 15) is 0 Å². The Morgan fingerprint density at radius 2 is 2.50 bits per heavy atom. The Labute approximate surface area is 56.0 Å². The summed E-state index contributed by atoms with van der Waals surface area (Å²) in [4.78, 5) is 0. The van der Waals surface area contributed by atoms with Crippen LogP contribution in [0.15, 0.2) is 0 Å². The Morgan fingerprint density at radius 1 is 1.88 bits per heavy atom. The van der Waals surface area contributed by atoms with Gasteiger partial charge in [-0.2, -0.15) is 0 Å². The average molecular weight is 131 g/mol. The van der Waals surface area contributed by atoms with Crippen LogP contribution in [0, 0.1) is 6.92 Å². The summed E-state index contributed by atoms with van der Waals surface area (Å²) in [5.74, 6) is 0. The molecule has 0 spiro atoms. The van der Waals surface area contributed by atoms with Crippen LogP contribution in [0.3, 0.4) is 0 Å². The van der Waals surface area contributed by atoms with Gasteiger partial charge in [-0.1, -0.05) is 19.1 Å². The monoisotopic (exact) mass is 131 g/mol. The molecule has 0 N–H and O–H groups in total. The first kappa shape index (κ1) is 8.05. The van der Waals surface area contributed by atoms with E-state index in [-0.39, 0.29) is 6.10 Å². The van der Waals surface area contributed by atoms with Gasteiger partial charge in [0.15, 0.2) is 0 Å². The largest absolute Gasteiger partial charge is 0.374 e. The van der Waals surface area contributed by atoms with Crippen LogP contribution in [0.5, 0.6) is 0 Å². The molecule has 0 aromatic carbocycles. The normalized spacial score (nSPS) is 13.2. The quantitative estimate of drug-likeness (QED) is 0.536. The minimum Gasteiger partial charge on any atom is -0.374 e. The Balaban J connectivity index is 2.97. The van der Waals surface area contributed by atoms with E-state index in [0.29, 0.717) is 6.61 Å². The first-order valence-electron chi connectivity index (χ1n) is 2.65. The van der Waals surface area contributed by atoms with Crippen LogP contribution in [-0.2, 0) is 4.74 Å². The molecule has 0 aliphatic rings. The summed E-state index contributed by atoms with van der Waals surface area (Å²) < 4.78 is 5.12. The van der Waals surface area contributed by atoms with Crippen molar-refractivity contribution in [3.05, 3.63) is 6.92 Å². The Hall–Kier alpha value is 0.0500. The first-order valence-corrected chi connectivity index (χ1v) is 3.13. The molecule has 0 amide bonds. The number of hydrogen-bond donors (Lipinski definition) is 0. The van der Waals surface area contributed by atoms with Gasteiger partial charge in [-0.25, -0.2) is 0 Å². The molecule has 0 aliphatic heterocycles. The second-order valence-electron chi connectivity index (χ2n) is 1.60. The van der Waals surface area contributed by atoms with Crippen LogP contribution in [0.1, 0.15) is 13.3 Å². The van der Waals surface area contributed by atoms with Gasteiger partial charge in [0.05, 0.1) is 12.7 Å². The second kappa shape index (κ2) is 5.19. The second-order valence-corrected chi connectivity index (χ2v) is 1.93. The van der Waals surface area contributed by atoms with E-state index in [1.54, 1.807) is 5.37 Å². The lowest BCUT2D eigenvalue weighted by atomic mass is 10.3. The van der Waals surface area contributed by atoms with Gasteiger partial charge >= 0.3 is 0 Å². The molecule has 2 heteroatoms. The van der Waals surface area contributed by atoms with Gasteiger partial charge in [0.2, 0.25) is 0 Å². The smallest absolute Gasteiger partial charge is 0.0753 e. The summed E-state index contributed by atoms with van der Waals surface area (Å²) in [5.41, 5.74) is 0. The van der Waals surface area contributed by atoms with Crippen LogP contribution in [0.25, 0.3) is 0 Å². The lowest BCUT2D eigenvalue weighted by Crippen LogP contribution is -2.07. The molecule has 0 saturated carbocycles. The van der Waals surface area contributed by atoms with Gasteiger partial charge in [-0.05, 0) is 13.3 Å². The fourth-order valence-corrected chi connectivity index (χ4v) is 0.365. The van der Waals surface area contributed by atoms with Crippen molar-refractivity contribution in [2.75, 3.05) is 6.61 Å². The Kier molecular flexibility index (Phi) is 5.22. The average Bonchev–Trinajstić information content (AvgIpc) is 1.83. The molecule has 1 radical (unpaired) electrons. The Morgan fingerprint density at radius 3 is 2.88 bits per heavy atom. The van der Waals surface area contributed by atoms with Gasteiger partial charge < -0.3 is 4.74 Å². The number of hydrogen-bond acceptors (Lipinski definition) is 2. The maximum Gasteiger partial charge on any atom is 0.0753 e. The van der Waals surface area contributed by atoms with Crippen molar-refractivity contribution in [3.63, 3.8) is 0 Å². The van der Waals surface area contributed by atoms with Gasteiger partial charge in [-0.3, -0.25) is 0 Å². The summed E-state index contributed by atoms with van der Waals surface area (Å²) in [6, 6.07) is 0. The molecule has 1 atom stereocenters. The molecule has 0 aliphatic carbocycles. The van der Waals surface area contributed by atoms with Crippen LogP contribution >= 0.6 is 12.2 Å². The van der Waals surface area contributed by atoms with Crippen molar-refractivity contribution < 1.29 is 4.74 Å². The number of thiocarbonyl (C=S) groups is 1. The van der Waals surface area contributed by atoms with Crippen molar-refractivity contribution in [2.24, 2.45) is 0 Å². The van der Waals surface area contributed by atoms with Crippen molar-refractivity contribution in [1.82, 2.24) is 0 Å². The highest BCUT2D eigenvalue weighted by Gasteiger charge is 1.93. The maximum absolute atomic E-state index is 5.12. The molecule has 0 aromatic heterocycles. The predicted molar refractivity (Wildman–Crippen MR) is 39.0 cm³/mol. The third-order valence-electron chi connectivity index (χ3n) is 0.855. The highest BCUT2D eigenvalue weighted by molar-refractivity contribution is 7.79. The fourth-order valence-electron chi connectivity index (χ4n) is 0.287. The van der Waals surface area contributed by atoms with E-state index < -0.39 is 0 Å². The summed E-state index contributed by atoms with van der Waals surface area (Å²) in [6.07, 6.45) is 1.05. The van der Waals surface area contributed by atoms with Crippen molar-refractivity contribution in [3.8, 4) is 0 Å². The summed E-state index contributed by atoms with van der Waals surface area (Å²) in [5, 5.41) is 1.58. The minimum atomic E-state index is 0.245. The Bertz CT molecular complexity index is 63.5. The topological polar surface area (TPSA) is 9.23 Å².